The van der Waals surface area contributed by atoms with Gasteiger partial charge in [-0.1, -0.05) is 41.6 Å². The number of amides is 1. The molecule has 2 aromatic heterocycles. The highest BCUT2D eigenvalue weighted by molar-refractivity contribution is 6.10. The van der Waals surface area contributed by atoms with E-state index in [-0.39, 0.29) is 12.7 Å². The van der Waals surface area contributed by atoms with E-state index in [4.69, 9.17) is 14.3 Å². The van der Waals surface area contributed by atoms with Crippen molar-refractivity contribution < 1.29 is 19.1 Å². The maximum absolute atomic E-state index is 12.1. The Bertz CT molecular complexity index is 1010. The molecule has 2 heterocycles. The van der Waals surface area contributed by atoms with Crippen molar-refractivity contribution in [2.24, 2.45) is 12.2 Å². The van der Waals surface area contributed by atoms with Crippen molar-refractivity contribution in [1.29, 1.82) is 0 Å². The molecule has 3 rings (SSSR count). The monoisotopic (exact) mass is 440 g/mol. The van der Waals surface area contributed by atoms with Crippen LogP contribution in [0.25, 0.3) is 0 Å². The number of pyridine rings is 1. The van der Waals surface area contributed by atoms with Gasteiger partial charge in [0.15, 0.2) is 18.1 Å². The third-order valence-corrected chi connectivity index (χ3v) is 4.47. The molecule has 1 amide bonds. The van der Waals surface area contributed by atoms with Gasteiger partial charge in [-0.25, -0.2) is 15.0 Å². The van der Waals surface area contributed by atoms with Gasteiger partial charge in [0.05, 0.1) is 12.3 Å². The fraction of sp³-hybridized carbons (Fsp3) is 0.364. The van der Waals surface area contributed by atoms with Crippen LogP contribution in [0.5, 0.6) is 0 Å². The fourth-order valence-corrected chi connectivity index (χ4v) is 2.79. The summed E-state index contributed by atoms with van der Waals surface area (Å²) in [6, 6.07) is 14.9. The van der Waals surface area contributed by atoms with Gasteiger partial charge in [-0.2, -0.15) is 0 Å². The van der Waals surface area contributed by atoms with E-state index < -0.39 is 6.09 Å². The number of H-pyrrole nitrogens is 1. The molecule has 1 aromatic carbocycles. The van der Waals surface area contributed by atoms with Crippen molar-refractivity contribution in [3.8, 4) is 0 Å². The summed E-state index contributed by atoms with van der Waals surface area (Å²) in [5.74, 6) is 1.04. The number of hydrogen-bond acceptors (Lipinski definition) is 7. The van der Waals surface area contributed by atoms with Gasteiger partial charge in [0.2, 0.25) is 0 Å². The Labute approximate surface area is 186 Å². The van der Waals surface area contributed by atoms with Crippen LogP contribution in [0.15, 0.2) is 53.7 Å². The van der Waals surface area contributed by atoms with Crippen molar-refractivity contribution in [3.63, 3.8) is 0 Å². The molecule has 0 aliphatic carbocycles. The van der Waals surface area contributed by atoms with Crippen LogP contribution in [-0.4, -0.2) is 51.1 Å². The molecule has 0 radical (unpaired) electrons. The maximum Gasteiger partial charge on any atom is 0.413 e. The summed E-state index contributed by atoms with van der Waals surface area (Å²) >= 11 is 0. The number of rotatable bonds is 11. The second-order valence-electron chi connectivity index (χ2n) is 7.01. The molecular weight excluding hydrogens is 412 g/mol. The summed E-state index contributed by atoms with van der Waals surface area (Å²) in [6.45, 7) is 5.04. The molecule has 0 fully saturated rings. The number of nitrogens with zero attached hydrogens (tertiary/aromatic N) is 4. The summed E-state index contributed by atoms with van der Waals surface area (Å²) in [4.78, 5) is 22.0. The van der Waals surface area contributed by atoms with Crippen LogP contribution in [0.3, 0.4) is 0 Å². The topological polar surface area (TPSA) is 116 Å². The van der Waals surface area contributed by atoms with Crippen molar-refractivity contribution >= 4 is 17.6 Å². The quantitative estimate of drug-likeness (QED) is 0.268. The van der Waals surface area contributed by atoms with E-state index in [1.165, 1.54) is 0 Å². The highest BCUT2D eigenvalue weighted by atomic mass is 16.6. The lowest BCUT2D eigenvalue weighted by atomic mass is 10.1. The lowest BCUT2D eigenvalue weighted by molar-refractivity contribution is 0.0776. The molecule has 0 bridgehead atoms. The zero-order chi connectivity index (χ0) is 22.8. The average molecular weight is 441 g/mol. The Hall–Kier alpha value is -3.66. The molecule has 0 aliphatic heterocycles. The first-order valence-electron chi connectivity index (χ1n) is 10.4. The Morgan fingerprint density at radius 2 is 2.03 bits per heavy atom. The van der Waals surface area contributed by atoms with Crippen molar-refractivity contribution in [1.82, 2.24) is 20.0 Å². The highest BCUT2D eigenvalue weighted by Crippen LogP contribution is 2.11. The molecule has 0 aliphatic rings. The van der Waals surface area contributed by atoms with Gasteiger partial charge in [0.1, 0.15) is 11.9 Å². The Balaban J connectivity index is 1.57. The Kier molecular flexibility index (Phi) is 8.38. The second kappa shape index (κ2) is 11.7. The van der Waals surface area contributed by atoms with E-state index in [2.05, 4.69) is 25.8 Å². The van der Waals surface area contributed by atoms with Crippen LogP contribution in [-0.2, 0) is 28.0 Å². The SMILES string of the molecule is CCOCCC(C)OC(=O)Nc1cccc(CO/N=C(/c2ccccc2)c2n[nH]n2C)n1. The smallest absolute Gasteiger partial charge is 0.413 e. The predicted octanol–water partition coefficient (Wildman–Crippen LogP) is 3.48. The number of benzene rings is 1. The van der Waals surface area contributed by atoms with E-state index >= 15 is 0 Å². The maximum atomic E-state index is 12.1. The number of aryl methyl sites for hydroxylation is 1. The molecule has 3 aromatic rings. The molecule has 1 unspecified atom stereocenters. The molecule has 2 N–H and O–H groups in total. The molecule has 0 saturated heterocycles. The first-order chi connectivity index (χ1) is 15.6. The zero-order valence-electron chi connectivity index (χ0n) is 18.4. The van der Waals surface area contributed by atoms with Crippen LogP contribution < -0.4 is 5.32 Å². The number of nitrogens with one attached hydrogen (secondary N) is 2. The number of carbonyl (C=O) groups is 1. The molecule has 170 valence electrons. The first-order valence-corrected chi connectivity index (χ1v) is 10.4. The molecule has 1 atom stereocenters. The molecule has 10 heteroatoms. The average Bonchev–Trinajstić information content (AvgIpc) is 2.78. The van der Waals surface area contributed by atoms with Crippen LogP contribution in [0, 0.1) is 0 Å². The van der Waals surface area contributed by atoms with E-state index in [0.29, 0.717) is 42.7 Å². The van der Waals surface area contributed by atoms with E-state index in [9.17, 15) is 4.79 Å². The van der Waals surface area contributed by atoms with Gasteiger partial charge >= 0.3 is 6.09 Å². The van der Waals surface area contributed by atoms with Crippen molar-refractivity contribution in [2.45, 2.75) is 33.0 Å². The molecule has 0 saturated carbocycles. The van der Waals surface area contributed by atoms with Crippen LogP contribution in [0.4, 0.5) is 10.6 Å². The minimum Gasteiger partial charge on any atom is -0.446 e. The number of anilines is 1. The van der Waals surface area contributed by atoms with Crippen LogP contribution in [0.1, 0.15) is 37.4 Å². The lowest BCUT2D eigenvalue weighted by Crippen LogP contribution is -2.23. The third kappa shape index (κ3) is 6.67. The highest BCUT2D eigenvalue weighted by Gasteiger charge is 2.15. The summed E-state index contributed by atoms with van der Waals surface area (Å²) in [6.07, 6.45) is -0.205. The van der Waals surface area contributed by atoms with Crippen LogP contribution in [0.2, 0.25) is 0 Å². The zero-order valence-corrected chi connectivity index (χ0v) is 18.4. The molecule has 0 spiro atoms. The minimum absolute atomic E-state index is 0.121. The van der Waals surface area contributed by atoms with Gasteiger partial charge in [0.25, 0.3) is 0 Å². The predicted molar refractivity (Wildman–Crippen MR) is 119 cm³/mol. The summed E-state index contributed by atoms with van der Waals surface area (Å²) < 4.78 is 12.3. The second-order valence-corrected chi connectivity index (χ2v) is 7.01. The third-order valence-electron chi connectivity index (χ3n) is 4.47. The summed E-state index contributed by atoms with van der Waals surface area (Å²) in [5.41, 5.74) is 2.08. The van der Waals surface area contributed by atoms with Gasteiger partial charge in [0, 0.05) is 25.6 Å². The molecule has 32 heavy (non-hydrogen) atoms. The van der Waals surface area contributed by atoms with Crippen molar-refractivity contribution in [3.05, 3.63) is 65.6 Å². The largest absolute Gasteiger partial charge is 0.446 e. The van der Waals surface area contributed by atoms with E-state index in [1.54, 1.807) is 22.9 Å². The normalized spacial score (nSPS) is 12.4. The van der Waals surface area contributed by atoms with E-state index in [1.807, 2.05) is 51.2 Å². The lowest BCUT2D eigenvalue weighted by Gasteiger charge is -2.14. The summed E-state index contributed by atoms with van der Waals surface area (Å²) in [5, 5.41) is 13.8. The molecule has 10 nitrogen and oxygen atoms in total. The number of carbonyl (C=O) groups excluding carboxylic acids is 1. The number of aromatic amines is 1. The number of hydrogen-bond donors (Lipinski definition) is 2. The van der Waals surface area contributed by atoms with Crippen molar-refractivity contribution in [2.75, 3.05) is 18.5 Å². The minimum atomic E-state index is -0.567. The Morgan fingerprint density at radius 1 is 1.22 bits per heavy atom. The summed E-state index contributed by atoms with van der Waals surface area (Å²) in [7, 11) is 1.84. The van der Waals surface area contributed by atoms with Gasteiger partial charge < -0.3 is 14.3 Å². The van der Waals surface area contributed by atoms with E-state index in [0.717, 1.165) is 5.56 Å². The Morgan fingerprint density at radius 3 is 2.72 bits per heavy atom. The van der Waals surface area contributed by atoms with Crippen LogP contribution >= 0.6 is 0 Å². The van der Waals surface area contributed by atoms with Gasteiger partial charge in [-0.05, 0) is 26.0 Å². The standard InChI is InChI=1S/C22H28N6O4/c1-4-30-14-13-16(2)32-22(29)24-19-12-8-11-18(23-19)15-31-26-20(21-25-27-28(21)3)17-9-6-5-7-10-17/h5-12,16,27H,4,13-15H2,1-3H3,(H,23,24,29)/b26-20-. The van der Waals surface area contributed by atoms with Gasteiger partial charge in [-0.3, -0.25) is 10.00 Å². The number of aromatic nitrogens is 4. The van der Waals surface area contributed by atoms with Gasteiger partial charge in [-0.15, -0.1) is 5.10 Å². The fourth-order valence-electron chi connectivity index (χ4n) is 2.79. The number of ether oxygens (including phenoxy) is 2. The number of oxime groups is 1. The first kappa shape index (κ1) is 23.0. The molecular formula is C22H28N6O4.